The van der Waals surface area contributed by atoms with Crippen molar-refractivity contribution in [3.8, 4) is 0 Å². The zero-order valence-electron chi connectivity index (χ0n) is 10.0. The lowest BCUT2D eigenvalue weighted by atomic mass is 10.0. The van der Waals surface area contributed by atoms with Gasteiger partial charge in [-0.2, -0.15) is 0 Å². The molecule has 0 spiro atoms. The Bertz CT molecular complexity index is 353. The van der Waals surface area contributed by atoms with Crippen molar-refractivity contribution >= 4 is 28.9 Å². The maximum Gasteiger partial charge on any atom is 0.0441 e. The van der Waals surface area contributed by atoms with E-state index >= 15 is 0 Å². The molecule has 1 heterocycles. The van der Waals surface area contributed by atoms with Crippen LogP contribution in [0.4, 0.5) is 5.69 Å². The highest BCUT2D eigenvalue weighted by Crippen LogP contribution is 2.24. The lowest BCUT2D eigenvalue weighted by molar-refractivity contribution is 0.229. The second-order valence-electron chi connectivity index (χ2n) is 4.51. The lowest BCUT2D eigenvalue weighted by Gasteiger charge is -2.32. The summed E-state index contributed by atoms with van der Waals surface area (Å²) < 4.78 is 0. The van der Waals surface area contributed by atoms with Gasteiger partial charge in [0.05, 0.1) is 0 Å². The first-order valence-electron chi connectivity index (χ1n) is 6.12. The van der Waals surface area contributed by atoms with Crippen LogP contribution in [0.2, 0.25) is 10.0 Å². The van der Waals surface area contributed by atoms with Crippen molar-refractivity contribution < 1.29 is 0 Å². The molecule has 94 valence electrons. The van der Waals surface area contributed by atoms with Gasteiger partial charge in [0.2, 0.25) is 0 Å². The molecular formula is C13H18Cl2N2. The summed E-state index contributed by atoms with van der Waals surface area (Å²) in [5.74, 6) is 0. The van der Waals surface area contributed by atoms with Crippen LogP contribution >= 0.6 is 23.2 Å². The van der Waals surface area contributed by atoms with Gasteiger partial charge in [0.1, 0.15) is 0 Å². The SMILES string of the molecule is CCN1CCC(Nc2cc(Cl)cc(Cl)c2)CC1. The first kappa shape index (κ1) is 13.0. The molecule has 0 saturated carbocycles. The Kier molecular flexibility index (Phi) is 4.55. The minimum absolute atomic E-state index is 0.535. The fraction of sp³-hybridized carbons (Fsp3) is 0.538. The van der Waals surface area contributed by atoms with E-state index in [0.29, 0.717) is 16.1 Å². The van der Waals surface area contributed by atoms with Crippen LogP contribution in [-0.4, -0.2) is 30.6 Å². The number of anilines is 1. The molecule has 0 aromatic heterocycles. The number of piperidine rings is 1. The third kappa shape index (κ3) is 3.77. The summed E-state index contributed by atoms with van der Waals surface area (Å²) in [4.78, 5) is 2.48. The molecule has 17 heavy (non-hydrogen) atoms. The van der Waals surface area contributed by atoms with Gasteiger partial charge in [0, 0.05) is 34.9 Å². The number of benzene rings is 1. The zero-order valence-corrected chi connectivity index (χ0v) is 11.6. The van der Waals surface area contributed by atoms with Crippen molar-refractivity contribution in [1.82, 2.24) is 4.90 Å². The summed E-state index contributed by atoms with van der Waals surface area (Å²) >= 11 is 12.0. The van der Waals surface area contributed by atoms with E-state index in [0.717, 1.165) is 12.2 Å². The van der Waals surface area contributed by atoms with E-state index in [9.17, 15) is 0 Å². The molecule has 0 radical (unpaired) electrons. The van der Waals surface area contributed by atoms with E-state index in [4.69, 9.17) is 23.2 Å². The highest BCUT2D eigenvalue weighted by molar-refractivity contribution is 6.35. The van der Waals surface area contributed by atoms with Crippen LogP contribution in [0.3, 0.4) is 0 Å². The molecule has 1 aromatic rings. The lowest BCUT2D eigenvalue weighted by Crippen LogP contribution is -2.38. The Labute approximate surface area is 113 Å². The fourth-order valence-electron chi connectivity index (χ4n) is 2.27. The highest BCUT2D eigenvalue weighted by atomic mass is 35.5. The molecule has 1 aromatic carbocycles. The molecule has 0 amide bonds. The van der Waals surface area contributed by atoms with Gasteiger partial charge < -0.3 is 10.2 Å². The number of likely N-dealkylation sites (tertiary alicyclic amines) is 1. The minimum atomic E-state index is 0.535. The van der Waals surface area contributed by atoms with Crippen LogP contribution in [0, 0.1) is 0 Å². The van der Waals surface area contributed by atoms with Crippen LogP contribution < -0.4 is 5.32 Å². The Morgan fingerprint density at radius 3 is 2.29 bits per heavy atom. The van der Waals surface area contributed by atoms with Gasteiger partial charge in [-0.3, -0.25) is 0 Å². The number of hydrogen-bond donors (Lipinski definition) is 1. The molecule has 1 fully saturated rings. The van der Waals surface area contributed by atoms with E-state index in [-0.39, 0.29) is 0 Å². The van der Waals surface area contributed by atoms with E-state index in [2.05, 4.69) is 17.1 Å². The van der Waals surface area contributed by atoms with Gasteiger partial charge in [0.15, 0.2) is 0 Å². The quantitative estimate of drug-likeness (QED) is 0.898. The predicted molar refractivity (Wildman–Crippen MR) is 75.2 cm³/mol. The molecule has 0 atom stereocenters. The van der Waals surface area contributed by atoms with Gasteiger partial charge in [0.25, 0.3) is 0 Å². The van der Waals surface area contributed by atoms with Crippen LogP contribution in [-0.2, 0) is 0 Å². The van der Waals surface area contributed by atoms with Crippen molar-refractivity contribution in [2.24, 2.45) is 0 Å². The Hall–Kier alpha value is -0.440. The van der Waals surface area contributed by atoms with Crippen LogP contribution in [0.1, 0.15) is 19.8 Å². The summed E-state index contributed by atoms with van der Waals surface area (Å²) in [5, 5.41) is 4.88. The molecule has 1 saturated heterocycles. The van der Waals surface area contributed by atoms with Crippen LogP contribution in [0.25, 0.3) is 0 Å². The van der Waals surface area contributed by atoms with Crippen molar-refractivity contribution in [3.05, 3.63) is 28.2 Å². The number of halogens is 2. The topological polar surface area (TPSA) is 15.3 Å². The molecule has 0 aliphatic carbocycles. The third-order valence-electron chi connectivity index (χ3n) is 3.27. The number of nitrogens with one attached hydrogen (secondary N) is 1. The van der Waals surface area contributed by atoms with Gasteiger partial charge >= 0.3 is 0 Å². The second-order valence-corrected chi connectivity index (χ2v) is 5.38. The molecule has 1 N–H and O–H groups in total. The van der Waals surface area contributed by atoms with E-state index in [1.54, 1.807) is 6.07 Å². The first-order chi connectivity index (χ1) is 8.17. The molecule has 0 bridgehead atoms. The largest absolute Gasteiger partial charge is 0.382 e. The van der Waals surface area contributed by atoms with Gasteiger partial charge in [-0.05, 0) is 37.6 Å². The smallest absolute Gasteiger partial charge is 0.0441 e. The summed E-state index contributed by atoms with van der Waals surface area (Å²) in [6.45, 7) is 5.70. The average molecular weight is 273 g/mol. The maximum atomic E-state index is 5.98. The molecule has 2 nitrogen and oxygen atoms in total. The van der Waals surface area contributed by atoms with Crippen molar-refractivity contribution in [1.29, 1.82) is 0 Å². The summed E-state index contributed by atoms with van der Waals surface area (Å²) in [6, 6.07) is 6.15. The van der Waals surface area contributed by atoms with E-state index in [1.165, 1.54) is 25.9 Å². The van der Waals surface area contributed by atoms with Gasteiger partial charge in [-0.25, -0.2) is 0 Å². The zero-order chi connectivity index (χ0) is 12.3. The summed E-state index contributed by atoms with van der Waals surface area (Å²) in [6.07, 6.45) is 2.36. The molecule has 1 aliphatic heterocycles. The van der Waals surface area contributed by atoms with Crippen LogP contribution in [0.5, 0.6) is 0 Å². The Morgan fingerprint density at radius 1 is 1.18 bits per heavy atom. The van der Waals surface area contributed by atoms with Crippen molar-refractivity contribution in [3.63, 3.8) is 0 Å². The van der Waals surface area contributed by atoms with E-state index in [1.807, 2.05) is 12.1 Å². The number of nitrogens with zero attached hydrogens (tertiary/aromatic N) is 1. The Balaban J connectivity index is 1.93. The summed E-state index contributed by atoms with van der Waals surface area (Å²) in [5.41, 5.74) is 1.03. The maximum absolute atomic E-state index is 5.98. The van der Waals surface area contributed by atoms with Crippen LogP contribution in [0.15, 0.2) is 18.2 Å². The molecule has 4 heteroatoms. The molecule has 2 rings (SSSR count). The standard InChI is InChI=1S/C13H18Cl2N2/c1-2-17-5-3-12(4-6-17)16-13-8-10(14)7-11(15)9-13/h7-9,12,16H,2-6H2,1H3. The van der Waals surface area contributed by atoms with Crippen molar-refractivity contribution in [2.45, 2.75) is 25.8 Å². The first-order valence-corrected chi connectivity index (χ1v) is 6.88. The third-order valence-corrected chi connectivity index (χ3v) is 3.70. The highest BCUT2D eigenvalue weighted by Gasteiger charge is 2.17. The van der Waals surface area contributed by atoms with E-state index < -0.39 is 0 Å². The monoisotopic (exact) mass is 272 g/mol. The summed E-state index contributed by atoms with van der Waals surface area (Å²) in [7, 11) is 0. The number of rotatable bonds is 3. The molecule has 0 unspecified atom stereocenters. The average Bonchev–Trinajstić information content (AvgIpc) is 2.28. The van der Waals surface area contributed by atoms with Gasteiger partial charge in [-0.15, -0.1) is 0 Å². The fourth-order valence-corrected chi connectivity index (χ4v) is 2.79. The predicted octanol–water partition coefficient (Wildman–Crippen LogP) is 3.89. The molecule has 1 aliphatic rings. The molecular weight excluding hydrogens is 255 g/mol. The van der Waals surface area contributed by atoms with Crippen molar-refractivity contribution in [2.75, 3.05) is 25.0 Å². The minimum Gasteiger partial charge on any atom is -0.382 e. The normalized spacial score (nSPS) is 18.3. The van der Waals surface area contributed by atoms with Gasteiger partial charge in [-0.1, -0.05) is 30.1 Å². The number of hydrogen-bond acceptors (Lipinski definition) is 2. The second kappa shape index (κ2) is 5.94. The Morgan fingerprint density at radius 2 is 1.76 bits per heavy atom.